The molecule has 0 aromatic rings. The van der Waals surface area contributed by atoms with Gasteiger partial charge in [-0.05, 0) is 12.8 Å². The minimum atomic E-state index is 0.0697. The fourth-order valence-corrected chi connectivity index (χ4v) is 1.50. The second-order valence-electron chi connectivity index (χ2n) is 2.52. The van der Waals surface area contributed by atoms with Crippen LogP contribution >= 0.6 is 12.6 Å². The summed E-state index contributed by atoms with van der Waals surface area (Å²) in [7, 11) is 0. The zero-order chi connectivity index (χ0) is 6.85. The summed E-state index contributed by atoms with van der Waals surface area (Å²) in [5, 5.41) is 3.34. The Kier molecular flexibility index (Phi) is 2.01. The molecule has 1 fully saturated rings. The van der Waals surface area contributed by atoms with E-state index in [1.807, 2.05) is 0 Å². The predicted molar refractivity (Wildman–Crippen MR) is 39.6 cm³/mol. The lowest BCUT2D eigenvalue weighted by molar-refractivity contribution is -0.120. The van der Waals surface area contributed by atoms with Gasteiger partial charge < -0.3 is 5.32 Å². The highest BCUT2D eigenvalue weighted by Crippen LogP contribution is 2.24. The van der Waals surface area contributed by atoms with E-state index in [-0.39, 0.29) is 5.91 Å². The molecule has 0 heterocycles. The van der Waals surface area contributed by atoms with Gasteiger partial charge in [0.25, 0.3) is 0 Å². The van der Waals surface area contributed by atoms with Crippen molar-refractivity contribution in [2.45, 2.75) is 31.1 Å². The van der Waals surface area contributed by atoms with Gasteiger partial charge in [-0.15, -0.1) is 0 Å². The van der Waals surface area contributed by atoms with Crippen LogP contribution in [0.25, 0.3) is 0 Å². The first-order valence-corrected chi connectivity index (χ1v) is 3.65. The van der Waals surface area contributed by atoms with Gasteiger partial charge in [0.15, 0.2) is 0 Å². The number of amides is 1. The summed E-state index contributed by atoms with van der Waals surface area (Å²) in [5.74, 6) is 0.0697. The molecule has 1 saturated carbocycles. The Labute approximate surface area is 60.4 Å². The molecule has 1 amide bonds. The van der Waals surface area contributed by atoms with Crippen LogP contribution in [0.4, 0.5) is 0 Å². The van der Waals surface area contributed by atoms with E-state index in [1.54, 1.807) is 6.92 Å². The van der Waals surface area contributed by atoms with Crippen LogP contribution in [0.5, 0.6) is 0 Å². The van der Waals surface area contributed by atoms with Crippen LogP contribution in [-0.2, 0) is 4.79 Å². The van der Waals surface area contributed by atoms with Crippen molar-refractivity contribution < 1.29 is 4.79 Å². The van der Waals surface area contributed by atoms with E-state index in [1.165, 1.54) is 0 Å². The third-order valence-electron chi connectivity index (χ3n) is 1.52. The topological polar surface area (TPSA) is 29.1 Å². The number of carbonyl (C=O) groups excluding carboxylic acids is 1. The molecule has 0 radical (unpaired) electrons. The minimum absolute atomic E-state index is 0.0697. The van der Waals surface area contributed by atoms with Crippen LogP contribution in [0.3, 0.4) is 0 Å². The highest BCUT2D eigenvalue weighted by Gasteiger charge is 2.26. The smallest absolute Gasteiger partial charge is 0.217 e. The molecule has 0 atom stereocenters. The first kappa shape index (κ1) is 6.93. The Balaban J connectivity index is 2.11. The van der Waals surface area contributed by atoms with Crippen LogP contribution in [-0.4, -0.2) is 17.2 Å². The molecule has 0 saturated heterocycles. The minimum Gasteiger partial charge on any atom is -0.354 e. The normalized spacial score (nSPS) is 33.1. The van der Waals surface area contributed by atoms with Crippen LogP contribution in [0.1, 0.15) is 19.8 Å². The molecular weight excluding hydrogens is 134 g/mol. The summed E-state index contributed by atoms with van der Waals surface area (Å²) in [5.41, 5.74) is 0. The van der Waals surface area contributed by atoms with Crippen molar-refractivity contribution in [3.05, 3.63) is 0 Å². The fourth-order valence-electron chi connectivity index (χ4n) is 0.993. The molecule has 1 N–H and O–H groups in total. The maximum absolute atomic E-state index is 10.4. The summed E-state index contributed by atoms with van der Waals surface area (Å²) in [6.45, 7) is 1.55. The number of nitrogens with one attached hydrogen (secondary N) is 1. The van der Waals surface area contributed by atoms with Gasteiger partial charge in [0.1, 0.15) is 0 Å². The summed E-state index contributed by atoms with van der Waals surface area (Å²) < 4.78 is 0. The molecule has 0 spiro atoms. The lowest BCUT2D eigenvalue weighted by Gasteiger charge is -2.31. The number of rotatable bonds is 1. The van der Waals surface area contributed by atoms with E-state index < -0.39 is 0 Å². The van der Waals surface area contributed by atoms with E-state index in [0.29, 0.717) is 11.3 Å². The molecule has 52 valence electrons. The van der Waals surface area contributed by atoms with Crippen LogP contribution < -0.4 is 5.32 Å². The van der Waals surface area contributed by atoms with Crippen molar-refractivity contribution in [1.29, 1.82) is 0 Å². The predicted octanol–water partition coefficient (Wildman–Crippen LogP) is 0.583. The van der Waals surface area contributed by atoms with Gasteiger partial charge in [-0.3, -0.25) is 4.79 Å². The second kappa shape index (κ2) is 2.60. The molecule has 3 heteroatoms. The highest BCUT2D eigenvalue weighted by molar-refractivity contribution is 7.81. The maximum atomic E-state index is 10.4. The van der Waals surface area contributed by atoms with Gasteiger partial charge in [-0.2, -0.15) is 12.6 Å². The zero-order valence-corrected chi connectivity index (χ0v) is 6.32. The van der Waals surface area contributed by atoms with Crippen molar-refractivity contribution in [2.75, 3.05) is 0 Å². The summed E-state index contributed by atoms with van der Waals surface area (Å²) >= 11 is 4.22. The first-order chi connectivity index (χ1) is 4.18. The summed E-state index contributed by atoms with van der Waals surface area (Å²) in [6, 6.07) is 0.407. The number of carbonyl (C=O) groups is 1. The van der Waals surface area contributed by atoms with Crippen LogP contribution in [0, 0.1) is 0 Å². The average molecular weight is 145 g/mol. The van der Waals surface area contributed by atoms with Crippen molar-refractivity contribution in [1.82, 2.24) is 5.32 Å². The van der Waals surface area contributed by atoms with Crippen LogP contribution in [0.2, 0.25) is 0 Å². The molecule has 9 heavy (non-hydrogen) atoms. The van der Waals surface area contributed by atoms with E-state index in [2.05, 4.69) is 17.9 Å². The van der Waals surface area contributed by atoms with Crippen molar-refractivity contribution in [3.63, 3.8) is 0 Å². The van der Waals surface area contributed by atoms with Crippen molar-refractivity contribution >= 4 is 18.5 Å². The molecule has 0 bridgehead atoms. The van der Waals surface area contributed by atoms with Gasteiger partial charge in [0.05, 0.1) is 0 Å². The standard InChI is InChI=1S/C6H11NOS/c1-4(8)7-5-2-6(9)3-5/h5-6,9H,2-3H2,1H3,(H,7,8). The molecule has 0 aromatic heterocycles. The first-order valence-electron chi connectivity index (χ1n) is 3.13. The van der Waals surface area contributed by atoms with Crippen molar-refractivity contribution in [2.24, 2.45) is 0 Å². The molecular formula is C6H11NOS. The molecule has 0 aromatic carbocycles. The third kappa shape index (κ3) is 1.90. The quantitative estimate of drug-likeness (QED) is 0.519. The lowest BCUT2D eigenvalue weighted by atomic mass is 9.92. The van der Waals surface area contributed by atoms with Gasteiger partial charge in [0, 0.05) is 18.2 Å². The van der Waals surface area contributed by atoms with Crippen molar-refractivity contribution in [3.8, 4) is 0 Å². The van der Waals surface area contributed by atoms with E-state index >= 15 is 0 Å². The van der Waals surface area contributed by atoms with E-state index in [4.69, 9.17) is 0 Å². The Morgan fingerprint density at radius 2 is 2.22 bits per heavy atom. The SMILES string of the molecule is CC(=O)NC1CC(S)C1. The van der Waals surface area contributed by atoms with Crippen LogP contribution in [0.15, 0.2) is 0 Å². The Morgan fingerprint density at radius 1 is 1.67 bits per heavy atom. The van der Waals surface area contributed by atoms with Gasteiger partial charge in [-0.1, -0.05) is 0 Å². The number of hydrogen-bond donors (Lipinski definition) is 2. The molecule has 0 aliphatic heterocycles. The second-order valence-corrected chi connectivity index (χ2v) is 3.25. The Hall–Kier alpha value is -0.180. The number of hydrogen-bond acceptors (Lipinski definition) is 2. The maximum Gasteiger partial charge on any atom is 0.217 e. The fraction of sp³-hybridized carbons (Fsp3) is 0.833. The molecule has 1 rings (SSSR count). The molecule has 1 aliphatic carbocycles. The van der Waals surface area contributed by atoms with E-state index in [0.717, 1.165) is 12.8 Å². The monoisotopic (exact) mass is 145 g/mol. The lowest BCUT2D eigenvalue weighted by Crippen LogP contribution is -2.43. The average Bonchev–Trinajstić information content (AvgIpc) is 1.60. The van der Waals surface area contributed by atoms with Gasteiger partial charge >= 0.3 is 0 Å². The Bertz CT molecular complexity index is 120. The number of thiol groups is 1. The molecule has 1 aliphatic rings. The van der Waals surface area contributed by atoms with Gasteiger partial charge in [-0.25, -0.2) is 0 Å². The summed E-state index contributed by atoms with van der Waals surface area (Å²) in [4.78, 5) is 10.4. The summed E-state index contributed by atoms with van der Waals surface area (Å²) in [6.07, 6.45) is 2.06. The Morgan fingerprint density at radius 3 is 2.56 bits per heavy atom. The van der Waals surface area contributed by atoms with Gasteiger partial charge in [0.2, 0.25) is 5.91 Å². The highest BCUT2D eigenvalue weighted by atomic mass is 32.1. The molecule has 2 nitrogen and oxygen atoms in total. The zero-order valence-electron chi connectivity index (χ0n) is 5.42. The molecule has 0 unspecified atom stereocenters. The largest absolute Gasteiger partial charge is 0.354 e. The third-order valence-corrected chi connectivity index (χ3v) is 1.94. The van der Waals surface area contributed by atoms with E-state index in [9.17, 15) is 4.79 Å².